The van der Waals surface area contributed by atoms with Crippen LogP contribution in [0.15, 0.2) is 36.4 Å². The molecule has 0 radical (unpaired) electrons. The Bertz CT molecular complexity index is 461. The zero-order chi connectivity index (χ0) is 14.4. The van der Waals surface area contributed by atoms with E-state index in [9.17, 15) is 4.79 Å². The van der Waals surface area contributed by atoms with Crippen molar-refractivity contribution in [2.75, 3.05) is 19.6 Å². The molecule has 20 heavy (non-hydrogen) atoms. The molecule has 1 aromatic carbocycles. The van der Waals surface area contributed by atoms with Gasteiger partial charge < -0.3 is 5.32 Å². The summed E-state index contributed by atoms with van der Waals surface area (Å²) in [4.78, 5) is 14.4. The first-order chi connectivity index (χ1) is 9.66. The second-order valence-electron chi connectivity index (χ2n) is 5.53. The summed E-state index contributed by atoms with van der Waals surface area (Å²) in [6.45, 7) is 7.20. The fourth-order valence-corrected chi connectivity index (χ4v) is 2.59. The van der Waals surface area contributed by atoms with Gasteiger partial charge in [-0.1, -0.05) is 30.3 Å². The molecule has 0 spiro atoms. The number of hydrogen-bond acceptors (Lipinski definition) is 2. The molecular formula is C17H24N2O. The van der Waals surface area contributed by atoms with E-state index in [0.29, 0.717) is 6.04 Å². The second-order valence-corrected chi connectivity index (χ2v) is 5.53. The van der Waals surface area contributed by atoms with E-state index in [1.807, 2.05) is 37.3 Å². The lowest BCUT2D eigenvalue weighted by atomic mass is 10.1. The van der Waals surface area contributed by atoms with Crippen LogP contribution in [0.5, 0.6) is 0 Å². The molecule has 0 aliphatic carbocycles. The SMILES string of the molecule is C/C(=C\C(=O)NCC(C)N1CCCC1)c1ccccc1. The van der Waals surface area contributed by atoms with Crippen molar-refractivity contribution in [3.8, 4) is 0 Å². The van der Waals surface area contributed by atoms with E-state index < -0.39 is 0 Å². The molecule has 1 saturated heterocycles. The maximum atomic E-state index is 11.9. The summed E-state index contributed by atoms with van der Waals surface area (Å²) in [5, 5.41) is 3.00. The monoisotopic (exact) mass is 272 g/mol. The number of benzene rings is 1. The molecule has 3 nitrogen and oxygen atoms in total. The number of likely N-dealkylation sites (tertiary alicyclic amines) is 1. The summed E-state index contributed by atoms with van der Waals surface area (Å²) < 4.78 is 0. The summed E-state index contributed by atoms with van der Waals surface area (Å²) >= 11 is 0. The Morgan fingerprint density at radius 2 is 1.95 bits per heavy atom. The largest absolute Gasteiger partial charge is 0.351 e. The van der Waals surface area contributed by atoms with Crippen molar-refractivity contribution < 1.29 is 4.79 Å². The summed E-state index contributed by atoms with van der Waals surface area (Å²) in [7, 11) is 0. The van der Waals surface area contributed by atoms with Gasteiger partial charge in [-0.25, -0.2) is 0 Å². The number of allylic oxidation sites excluding steroid dienone is 1. The highest BCUT2D eigenvalue weighted by Gasteiger charge is 2.17. The molecule has 1 atom stereocenters. The minimum Gasteiger partial charge on any atom is -0.351 e. The van der Waals surface area contributed by atoms with Crippen molar-refractivity contribution in [3.05, 3.63) is 42.0 Å². The predicted octanol–water partition coefficient (Wildman–Crippen LogP) is 2.69. The van der Waals surface area contributed by atoms with Gasteiger partial charge in [-0.15, -0.1) is 0 Å². The highest BCUT2D eigenvalue weighted by Crippen LogP contribution is 2.13. The molecule has 3 heteroatoms. The zero-order valence-electron chi connectivity index (χ0n) is 12.4. The third-order valence-corrected chi connectivity index (χ3v) is 3.91. The van der Waals surface area contributed by atoms with Crippen LogP contribution in [0.3, 0.4) is 0 Å². The van der Waals surface area contributed by atoms with Gasteiger partial charge in [-0.3, -0.25) is 9.69 Å². The van der Waals surface area contributed by atoms with Crippen molar-refractivity contribution in [3.63, 3.8) is 0 Å². The van der Waals surface area contributed by atoms with Gasteiger partial charge in [0, 0.05) is 18.7 Å². The second kappa shape index (κ2) is 7.25. The molecule has 2 rings (SSSR count). The molecule has 1 N–H and O–H groups in total. The van der Waals surface area contributed by atoms with E-state index in [0.717, 1.165) is 30.8 Å². The van der Waals surface area contributed by atoms with Crippen LogP contribution in [-0.2, 0) is 4.79 Å². The van der Waals surface area contributed by atoms with Gasteiger partial charge >= 0.3 is 0 Å². The standard InChI is InChI=1S/C17H24N2O/c1-14(16-8-4-3-5-9-16)12-17(20)18-13-15(2)19-10-6-7-11-19/h3-5,8-9,12,15H,6-7,10-11,13H2,1-2H3,(H,18,20)/b14-12+. The third kappa shape index (κ3) is 4.20. The van der Waals surface area contributed by atoms with E-state index >= 15 is 0 Å². The maximum Gasteiger partial charge on any atom is 0.244 e. The number of carbonyl (C=O) groups excluding carboxylic acids is 1. The van der Waals surface area contributed by atoms with E-state index in [2.05, 4.69) is 17.1 Å². The average Bonchev–Trinajstić information content (AvgIpc) is 3.00. The van der Waals surface area contributed by atoms with Crippen LogP contribution in [0.25, 0.3) is 5.57 Å². The first-order valence-corrected chi connectivity index (χ1v) is 7.42. The third-order valence-electron chi connectivity index (χ3n) is 3.91. The van der Waals surface area contributed by atoms with Gasteiger partial charge in [0.1, 0.15) is 0 Å². The highest BCUT2D eigenvalue weighted by molar-refractivity contribution is 5.94. The van der Waals surface area contributed by atoms with Crippen LogP contribution >= 0.6 is 0 Å². The molecular weight excluding hydrogens is 248 g/mol. The van der Waals surface area contributed by atoms with Crippen molar-refractivity contribution in [2.45, 2.75) is 32.7 Å². The Morgan fingerprint density at radius 3 is 2.60 bits per heavy atom. The number of nitrogens with zero attached hydrogens (tertiary/aromatic N) is 1. The Hall–Kier alpha value is -1.61. The van der Waals surface area contributed by atoms with Crippen molar-refractivity contribution in [1.29, 1.82) is 0 Å². The summed E-state index contributed by atoms with van der Waals surface area (Å²) in [6.07, 6.45) is 4.25. The van der Waals surface area contributed by atoms with Gasteiger partial charge in [-0.05, 0) is 50.9 Å². The first kappa shape index (κ1) is 14.8. The van der Waals surface area contributed by atoms with Crippen LogP contribution in [0.4, 0.5) is 0 Å². The smallest absolute Gasteiger partial charge is 0.244 e. The summed E-state index contributed by atoms with van der Waals surface area (Å²) in [6, 6.07) is 10.4. The Balaban J connectivity index is 1.82. The number of nitrogens with one attached hydrogen (secondary N) is 1. The van der Waals surface area contributed by atoms with Crippen LogP contribution in [0.1, 0.15) is 32.3 Å². The lowest BCUT2D eigenvalue weighted by Crippen LogP contribution is -2.40. The van der Waals surface area contributed by atoms with Gasteiger partial charge in [-0.2, -0.15) is 0 Å². The Morgan fingerprint density at radius 1 is 1.30 bits per heavy atom. The molecule has 0 saturated carbocycles. The average molecular weight is 272 g/mol. The number of carbonyl (C=O) groups is 1. The molecule has 1 aliphatic rings. The Kier molecular flexibility index (Phi) is 5.36. The minimum atomic E-state index is -0.00241. The zero-order valence-corrected chi connectivity index (χ0v) is 12.4. The Labute approximate surface area is 121 Å². The molecule has 1 aliphatic heterocycles. The van der Waals surface area contributed by atoms with Gasteiger partial charge in [0.05, 0.1) is 0 Å². The van der Waals surface area contributed by atoms with Gasteiger partial charge in [0.2, 0.25) is 5.91 Å². The van der Waals surface area contributed by atoms with Crippen molar-refractivity contribution in [2.24, 2.45) is 0 Å². The number of amides is 1. The van der Waals surface area contributed by atoms with E-state index in [4.69, 9.17) is 0 Å². The lowest BCUT2D eigenvalue weighted by molar-refractivity contribution is -0.116. The van der Waals surface area contributed by atoms with E-state index in [-0.39, 0.29) is 5.91 Å². The lowest BCUT2D eigenvalue weighted by Gasteiger charge is -2.23. The molecule has 1 unspecified atom stereocenters. The molecule has 108 valence electrons. The van der Waals surface area contributed by atoms with Crippen LogP contribution in [0, 0.1) is 0 Å². The van der Waals surface area contributed by atoms with E-state index in [1.54, 1.807) is 6.08 Å². The maximum absolute atomic E-state index is 11.9. The molecule has 0 bridgehead atoms. The predicted molar refractivity (Wildman–Crippen MR) is 83.4 cm³/mol. The molecule has 1 amide bonds. The summed E-state index contributed by atoms with van der Waals surface area (Å²) in [5.41, 5.74) is 2.09. The van der Waals surface area contributed by atoms with Crippen molar-refractivity contribution in [1.82, 2.24) is 10.2 Å². The van der Waals surface area contributed by atoms with Crippen LogP contribution in [0.2, 0.25) is 0 Å². The number of hydrogen-bond donors (Lipinski definition) is 1. The van der Waals surface area contributed by atoms with Crippen LogP contribution < -0.4 is 5.32 Å². The molecule has 1 heterocycles. The number of rotatable bonds is 5. The molecule has 0 aromatic heterocycles. The molecule has 1 aromatic rings. The van der Waals surface area contributed by atoms with Gasteiger partial charge in [0.25, 0.3) is 0 Å². The van der Waals surface area contributed by atoms with E-state index in [1.165, 1.54) is 12.8 Å². The van der Waals surface area contributed by atoms with Gasteiger partial charge in [0.15, 0.2) is 0 Å². The van der Waals surface area contributed by atoms with Crippen molar-refractivity contribution >= 4 is 11.5 Å². The normalized spacial score (nSPS) is 18.0. The quantitative estimate of drug-likeness (QED) is 0.836. The fraction of sp³-hybridized carbons (Fsp3) is 0.471. The topological polar surface area (TPSA) is 32.3 Å². The van der Waals surface area contributed by atoms with Crippen LogP contribution in [-0.4, -0.2) is 36.5 Å². The summed E-state index contributed by atoms with van der Waals surface area (Å²) in [5.74, 6) is -0.00241. The first-order valence-electron chi connectivity index (χ1n) is 7.42. The molecule has 1 fully saturated rings. The highest BCUT2D eigenvalue weighted by atomic mass is 16.1. The fourth-order valence-electron chi connectivity index (χ4n) is 2.59. The minimum absolute atomic E-state index is 0.00241.